The molecule has 0 atom stereocenters. The Labute approximate surface area is 110 Å². The number of unbranched alkanes of at least 4 members (excludes halogenated alkanes) is 3. The normalized spacial score (nSPS) is 12.0. The highest BCUT2D eigenvalue weighted by molar-refractivity contribution is 6.30. The SMILES string of the molecule is CC(C)(C)NCCCCCCn1cc(Cl)cn1. The number of nitrogens with one attached hydrogen (secondary N) is 1. The number of aromatic nitrogens is 2. The van der Waals surface area contributed by atoms with Crippen LogP contribution in [-0.4, -0.2) is 21.9 Å². The molecule has 17 heavy (non-hydrogen) atoms. The van der Waals surface area contributed by atoms with Crippen LogP contribution in [0, 0.1) is 0 Å². The molecule has 0 fully saturated rings. The molecule has 0 amide bonds. The van der Waals surface area contributed by atoms with E-state index in [9.17, 15) is 0 Å². The molecule has 0 aliphatic carbocycles. The number of hydrogen-bond acceptors (Lipinski definition) is 2. The molecule has 0 aliphatic heterocycles. The Bertz CT molecular complexity index is 315. The van der Waals surface area contributed by atoms with E-state index in [0.717, 1.165) is 18.1 Å². The maximum Gasteiger partial charge on any atom is 0.0785 e. The maximum atomic E-state index is 5.79. The number of hydrogen-bond donors (Lipinski definition) is 1. The average molecular weight is 258 g/mol. The van der Waals surface area contributed by atoms with Gasteiger partial charge in [-0.2, -0.15) is 5.10 Å². The average Bonchev–Trinajstić information content (AvgIpc) is 2.61. The third-order valence-corrected chi connectivity index (χ3v) is 2.77. The number of nitrogens with zero attached hydrogens (tertiary/aromatic N) is 2. The summed E-state index contributed by atoms with van der Waals surface area (Å²) in [7, 11) is 0. The van der Waals surface area contributed by atoms with Gasteiger partial charge in [0.25, 0.3) is 0 Å². The topological polar surface area (TPSA) is 29.9 Å². The minimum atomic E-state index is 0.242. The Morgan fingerprint density at radius 3 is 2.53 bits per heavy atom. The summed E-state index contributed by atoms with van der Waals surface area (Å²) in [5, 5.41) is 8.37. The van der Waals surface area contributed by atoms with Gasteiger partial charge in [0.1, 0.15) is 0 Å². The third-order valence-electron chi connectivity index (χ3n) is 2.57. The molecule has 98 valence electrons. The monoisotopic (exact) mass is 257 g/mol. The summed E-state index contributed by atoms with van der Waals surface area (Å²) in [6, 6.07) is 0. The van der Waals surface area contributed by atoms with Crippen LogP contribution in [0.1, 0.15) is 46.5 Å². The highest BCUT2D eigenvalue weighted by atomic mass is 35.5. The molecule has 0 saturated carbocycles. The lowest BCUT2D eigenvalue weighted by Crippen LogP contribution is -2.36. The van der Waals surface area contributed by atoms with Gasteiger partial charge in [0.05, 0.1) is 11.2 Å². The molecule has 0 aromatic carbocycles. The molecule has 0 spiro atoms. The second-order valence-electron chi connectivity index (χ2n) is 5.51. The predicted octanol–water partition coefficient (Wildman–Crippen LogP) is 3.49. The van der Waals surface area contributed by atoms with Crippen molar-refractivity contribution < 1.29 is 0 Å². The number of rotatable bonds is 7. The van der Waals surface area contributed by atoms with Gasteiger partial charge < -0.3 is 5.32 Å². The summed E-state index contributed by atoms with van der Waals surface area (Å²) in [4.78, 5) is 0. The van der Waals surface area contributed by atoms with Crippen molar-refractivity contribution in [3.8, 4) is 0 Å². The van der Waals surface area contributed by atoms with Gasteiger partial charge in [0.15, 0.2) is 0 Å². The molecule has 0 radical (unpaired) electrons. The Balaban J connectivity index is 1.95. The van der Waals surface area contributed by atoms with Crippen LogP contribution in [0.15, 0.2) is 12.4 Å². The van der Waals surface area contributed by atoms with E-state index in [1.54, 1.807) is 6.20 Å². The largest absolute Gasteiger partial charge is 0.312 e. The molecule has 1 rings (SSSR count). The minimum Gasteiger partial charge on any atom is -0.312 e. The minimum absolute atomic E-state index is 0.242. The Morgan fingerprint density at radius 2 is 1.94 bits per heavy atom. The zero-order chi connectivity index (χ0) is 12.7. The Morgan fingerprint density at radius 1 is 1.24 bits per heavy atom. The van der Waals surface area contributed by atoms with Crippen LogP contribution in [0.4, 0.5) is 0 Å². The lowest BCUT2D eigenvalue weighted by Gasteiger charge is -2.20. The fraction of sp³-hybridized carbons (Fsp3) is 0.769. The fourth-order valence-electron chi connectivity index (χ4n) is 1.68. The van der Waals surface area contributed by atoms with E-state index in [0.29, 0.717) is 0 Å². The summed E-state index contributed by atoms with van der Waals surface area (Å²) in [5.74, 6) is 0. The predicted molar refractivity (Wildman–Crippen MR) is 73.5 cm³/mol. The van der Waals surface area contributed by atoms with E-state index in [2.05, 4.69) is 31.2 Å². The second-order valence-corrected chi connectivity index (χ2v) is 5.95. The zero-order valence-corrected chi connectivity index (χ0v) is 11.9. The van der Waals surface area contributed by atoms with Gasteiger partial charge in [0, 0.05) is 18.3 Å². The van der Waals surface area contributed by atoms with E-state index >= 15 is 0 Å². The van der Waals surface area contributed by atoms with Gasteiger partial charge in [-0.25, -0.2) is 0 Å². The quantitative estimate of drug-likeness (QED) is 0.758. The van der Waals surface area contributed by atoms with E-state index in [1.807, 2.05) is 10.9 Å². The first-order valence-electron chi connectivity index (χ1n) is 6.40. The number of halogens is 1. The van der Waals surface area contributed by atoms with Crippen LogP contribution in [-0.2, 0) is 6.54 Å². The van der Waals surface area contributed by atoms with Crippen molar-refractivity contribution in [2.24, 2.45) is 0 Å². The first-order valence-corrected chi connectivity index (χ1v) is 6.78. The zero-order valence-electron chi connectivity index (χ0n) is 11.2. The van der Waals surface area contributed by atoms with Crippen LogP contribution >= 0.6 is 11.6 Å². The molecule has 0 unspecified atom stereocenters. The van der Waals surface area contributed by atoms with Gasteiger partial charge in [-0.1, -0.05) is 24.4 Å². The van der Waals surface area contributed by atoms with Crippen LogP contribution in [0.25, 0.3) is 0 Å². The number of aryl methyl sites for hydroxylation is 1. The summed E-state index contributed by atoms with van der Waals surface area (Å²) in [6.07, 6.45) is 8.52. The van der Waals surface area contributed by atoms with Gasteiger partial charge in [0.2, 0.25) is 0 Å². The summed E-state index contributed by atoms with van der Waals surface area (Å²) in [6.45, 7) is 8.69. The molecule has 1 N–H and O–H groups in total. The van der Waals surface area contributed by atoms with Gasteiger partial charge in [-0.3, -0.25) is 4.68 Å². The van der Waals surface area contributed by atoms with Gasteiger partial charge in [-0.05, 0) is 40.2 Å². The van der Waals surface area contributed by atoms with E-state index in [1.165, 1.54) is 25.7 Å². The Kier molecular flexibility index (Phi) is 6.00. The highest BCUT2D eigenvalue weighted by Gasteiger charge is 2.06. The summed E-state index contributed by atoms with van der Waals surface area (Å²) < 4.78 is 1.91. The van der Waals surface area contributed by atoms with E-state index < -0.39 is 0 Å². The van der Waals surface area contributed by atoms with Crippen molar-refractivity contribution in [1.29, 1.82) is 0 Å². The Hall–Kier alpha value is -0.540. The van der Waals surface area contributed by atoms with Crippen molar-refractivity contribution in [3.05, 3.63) is 17.4 Å². The van der Waals surface area contributed by atoms with Crippen molar-refractivity contribution >= 4 is 11.6 Å². The molecule has 0 saturated heterocycles. The molecule has 1 aromatic rings. The molecule has 1 heterocycles. The highest BCUT2D eigenvalue weighted by Crippen LogP contribution is 2.07. The van der Waals surface area contributed by atoms with E-state index in [4.69, 9.17) is 11.6 Å². The lowest BCUT2D eigenvalue weighted by molar-refractivity contribution is 0.414. The van der Waals surface area contributed by atoms with E-state index in [-0.39, 0.29) is 5.54 Å². The molecule has 3 nitrogen and oxygen atoms in total. The summed E-state index contributed by atoms with van der Waals surface area (Å²) >= 11 is 5.79. The molecular formula is C13H24ClN3. The molecular weight excluding hydrogens is 234 g/mol. The molecule has 4 heteroatoms. The first-order chi connectivity index (χ1) is 7.97. The maximum absolute atomic E-state index is 5.79. The van der Waals surface area contributed by atoms with Crippen molar-refractivity contribution in [2.75, 3.05) is 6.54 Å². The fourth-order valence-corrected chi connectivity index (χ4v) is 1.83. The molecule has 1 aromatic heterocycles. The first kappa shape index (κ1) is 14.5. The van der Waals surface area contributed by atoms with Crippen LogP contribution in [0.5, 0.6) is 0 Å². The molecule has 0 bridgehead atoms. The van der Waals surface area contributed by atoms with Crippen LogP contribution < -0.4 is 5.32 Å². The van der Waals surface area contributed by atoms with Crippen LogP contribution in [0.2, 0.25) is 5.02 Å². The van der Waals surface area contributed by atoms with Crippen molar-refractivity contribution in [2.45, 2.75) is 58.5 Å². The molecule has 0 aliphatic rings. The lowest BCUT2D eigenvalue weighted by atomic mass is 10.1. The smallest absolute Gasteiger partial charge is 0.0785 e. The third kappa shape index (κ3) is 7.40. The van der Waals surface area contributed by atoms with Crippen LogP contribution in [0.3, 0.4) is 0 Å². The van der Waals surface area contributed by atoms with Crippen molar-refractivity contribution in [3.63, 3.8) is 0 Å². The second kappa shape index (κ2) is 7.02. The summed E-state index contributed by atoms with van der Waals surface area (Å²) in [5.41, 5.74) is 0.242. The van der Waals surface area contributed by atoms with Gasteiger partial charge >= 0.3 is 0 Å². The van der Waals surface area contributed by atoms with Crippen molar-refractivity contribution in [1.82, 2.24) is 15.1 Å². The van der Waals surface area contributed by atoms with Gasteiger partial charge in [-0.15, -0.1) is 0 Å². The standard InChI is InChI=1S/C13H24ClN3/c1-13(2,3)15-8-6-4-5-7-9-17-11-12(14)10-16-17/h10-11,15H,4-9H2,1-3H3.